The summed E-state index contributed by atoms with van der Waals surface area (Å²) in [4.78, 5) is 2.60. The van der Waals surface area contributed by atoms with Crippen LogP contribution in [-0.2, 0) is 13.0 Å². The second kappa shape index (κ2) is 5.68. The molecule has 1 heterocycles. The van der Waals surface area contributed by atoms with Crippen molar-refractivity contribution in [3.05, 3.63) is 34.9 Å². The molecular formula is C16H25N. The van der Waals surface area contributed by atoms with Crippen molar-refractivity contribution in [1.29, 1.82) is 0 Å². The third kappa shape index (κ3) is 3.10. The van der Waals surface area contributed by atoms with Gasteiger partial charge in [0.1, 0.15) is 0 Å². The van der Waals surface area contributed by atoms with Gasteiger partial charge < -0.3 is 0 Å². The van der Waals surface area contributed by atoms with E-state index >= 15 is 0 Å². The van der Waals surface area contributed by atoms with E-state index in [1.54, 1.807) is 11.1 Å². The molecule has 1 aromatic rings. The standard InChI is InChI=1S/C16H25N/c1-4-5-9-17-10-8-15-11-14(13(2)3)6-7-16(15)12-17/h6-7,11,13H,4-5,8-10,12H2,1-3H3. The van der Waals surface area contributed by atoms with Crippen molar-refractivity contribution in [2.45, 2.75) is 52.5 Å². The molecule has 0 aliphatic carbocycles. The fraction of sp³-hybridized carbons (Fsp3) is 0.625. The zero-order valence-electron chi connectivity index (χ0n) is 11.5. The summed E-state index contributed by atoms with van der Waals surface area (Å²) in [5.41, 5.74) is 4.63. The minimum atomic E-state index is 0.651. The van der Waals surface area contributed by atoms with Crippen molar-refractivity contribution >= 4 is 0 Å². The molecule has 2 rings (SSSR count). The predicted molar refractivity (Wildman–Crippen MR) is 74.4 cm³/mol. The van der Waals surface area contributed by atoms with Crippen molar-refractivity contribution in [2.24, 2.45) is 0 Å². The molecule has 0 N–H and O–H groups in total. The van der Waals surface area contributed by atoms with E-state index in [4.69, 9.17) is 0 Å². The first kappa shape index (κ1) is 12.6. The Kier molecular flexibility index (Phi) is 4.22. The third-order valence-corrected chi connectivity index (χ3v) is 3.82. The van der Waals surface area contributed by atoms with Crippen LogP contribution in [0.4, 0.5) is 0 Å². The minimum absolute atomic E-state index is 0.651. The van der Waals surface area contributed by atoms with Crippen molar-refractivity contribution in [1.82, 2.24) is 4.90 Å². The summed E-state index contributed by atoms with van der Waals surface area (Å²) in [5.74, 6) is 0.651. The fourth-order valence-corrected chi connectivity index (χ4v) is 2.56. The van der Waals surface area contributed by atoms with E-state index in [-0.39, 0.29) is 0 Å². The lowest BCUT2D eigenvalue weighted by atomic mass is 9.93. The summed E-state index contributed by atoms with van der Waals surface area (Å²) >= 11 is 0. The molecule has 0 bridgehead atoms. The number of rotatable bonds is 4. The zero-order chi connectivity index (χ0) is 12.3. The SMILES string of the molecule is CCCCN1CCc2cc(C(C)C)ccc2C1. The predicted octanol–water partition coefficient (Wildman–Crippen LogP) is 3.97. The molecule has 94 valence electrons. The number of hydrogen-bond donors (Lipinski definition) is 0. The monoisotopic (exact) mass is 231 g/mol. The van der Waals surface area contributed by atoms with Crippen LogP contribution in [0.5, 0.6) is 0 Å². The first-order chi connectivity index (χ1) is 8.20. The molecule has 0 unspecified atom stereocenters. The normalized spacial score (nSPS) is 16.2. The van der Waals surface area contributed by atoms with Gasteiger partial charge in [0.2, 0.25) is 0 Å². The molecule has 17 heavy (non-hydrogen) atoms. The Balaban J connectivity index is 2.06. The Labute approximate surface area is 106 Å². The van der Waals surface area contributed by atoms with Gasteiger partial charge in [-0.05, 0) is 42.0 Å². The van der Waals surface area contributed by atoms with Crippen molar-refractivity contribution in [3.63, 3.8) is 0 Å². The van der Waals surface area contributed by atoms with E-state index in [2.05, 4.69) is 43.9 Å². The summed E-state index contributed by atoms with van der Waals surface area (Å²) in [6, 6.07) is 7.09. The van der Waals surface area contributed by atoms with Gasteiger partial charge in [0.25, 0.3) is 0 Å². The molecule has 0 spiro atoms. The second-order valence-electron chi connectivity index (χ2n) is 5.56. The largest absolute Gasteiger partial charge is 0.299 e. The van der Waals surface area contributed by atoms with Crippen molar-refractivity contribution in [2.75, 3.05) is 13.1 Å². The van der Waals surface area contributed by atoms with Gasteiger partial charge in [0.05, 0.1) is 0 Å². The van der Waals surface area contributed by atoms with Gasteiger partial charge in [0.15, 0.2) is 0 Å². The van der Waals surface area contributed by atoms with E-state index in [0.29, 0.717) is 5.92 Å². The van der Waals surface area contributed by atoms with Crippen LogP contribution in [0.15, 0.2) is 18.2 Å². The summed E-state index contributed by atoms with van der Waals surface area (Å²) in [5, 5.41) is 0. The lowest BCUT2D eigenvalue weighted by molar-refractivity contribution is 0.250. The molecule has 0 amide bonds. The van der Waals surface area contributed by atoms with Gasteiger partial charge in [-0.15, -0.1) is 0 Å². The highest BCUT2D eigenvalue weighted by Gasteiger charge is 2.16. The van der Waals surface area contributed by atoms with Crippen LogP contribution < -0.4 is 0 Å². The van der Waals surface area contributed by atoms with Crippen LogP contribution in [0.2, 0.25) is 0 Å². The van der Waals surface area contributed by atoms with E-state index in [1.165, 1.54) is 37.9 Å². The first-order valence-corrected chi connectivity index (χ1v) is 7.04. The minimum Gasteiger partial charge on any atom is -0.299 e. The average Bonchev–Trinajstić information content (AvgIpc) is 2.35. The lowest BCUT2D eigenvalue weighted by Crippen LogP contribution is -2.31. The highest BCUT2D eigenvalue weighted by Crippen LogP contribution is 2.24. The third-order valence-electron chi connectivity index (χ3n) is 3.82. The number of hydrogen-bond acceptors (Lipinski definition) is 1. The van der Waals surface area contributed by atoms with Gasteiger partial charge in [-0.25, -0.2) is 0 Å². The number of benzene rings is 1. The molecule has 1 nitrogen and oxygen atoms in total. The summed E-state index contributed by atoms with van der Waals surface area (Å²) in [6.45, 7) is 10.5. The molecule has 1 aromatic carbocycles. The van der Waals surface area contributed by atoms with Crippen LogP contribution in [-0.4, -0.2) is 18.0 Å². The maximum Gasteiger partial charge on any atom is 0.0236 e. The van der Waals surface area contributed by atoms with Crippen LogP contribution in [0, 0.1) is 0 Å². The number of fused-ring (bicyclic) bond motifs is 1. The number of nitrogens with zero attached hydrogens (tertiary/aromatic N) is 1. The van der Waals surface area contributed by atoms with Crippen molar-refractivity contribution < 1.29 is 0 Å². The first-order valence-electron chi connectivity index (χ1n) is 7.04. The van der Waals surface area contributed by atoms with Crippen LogP contribution in [0.1, 0.15) is 56.2 Å². The van der Waals surface area contributed by atoms with Crippen LogP contribution in [0.3, 0.4) is 0 Å². The summed E-state index contributed by atoms with van der Waals surface area (Å²) in [7, 11) is 0. The molecule has 0 saturated heterocycles. The lowest BCUT2D eigenvalue weighted by Gasteiger charge is -2.29. The second-order valence-corrected chi connectivity index (χ2v) is 5.56. The number of unbranched alkanes of at least 4 members (excludes halogenated alkanes) is 1. The summed E-state index contributed by atoms with van der Waals surface area (Å²) in [6.07, 6.45) is 3.87. The topological polar surface area (TPSA) is 3.24 Å². The maximum absolute atomic E-state index is 2.60. The maximum atomic E-state index is 2.60. The Morgan fingerprint density at radius 3 is 2.76 bits per heavy atom. The molecule has 0 atom stereocenters. The molecule has 0 fully saturated rings. The molecule has 1 aliphatic rings. The van der Waals surface area contributed by atoms with Gasteiger partial charge in [0, 0.05) is 13.1 Å². The van der Waals surface area contributed by atoms with Gasteiger partial charge in [-0.2, -0.15) is 0 Å². The smallest absolute Gasteiger partial charge is 0.0236 e. The van der Waals surface area contributed by atoms with E-state index in [9.17, 15) is 0 Å². The van der Waals surface area contributed by atoms with E-state index < -0.39 is 0 Å². The Morgan fingerprint density at radius 1 is 1.24 bits per heavy atom. The van der Waals surface area contributed by atoms with Gasteiger partial charge in [-0.1, -0.05) is 45.4 Å². The molecule has 0 saturated carbocycles. The molecule has 1 heteroatoms. The Bertz CT molecular complexity index is 368. The zero-order valence-corrected chi connectivity index (χ0v) is 11.5. The Morgan fingerprint density at radius 2 is 2.06 bits per heavy atom. The van der Waals surface area contributed by atoms with Crippen LogP contribution >= 0.6 is 0 Å². The van der Waals surface area contributed by atoms with Crippen LogP contribution in [0.25, 0.3) is 0 Å². The van der Waals surface area contributed by atoms with E-state index in [0.717, 1.165) is 6.54 Å². The summed E-state index contributed by atoms with van der Waals surface area (Å²) < 4.78 is 0. The van der Waals surface area contributed by atoms with Gasteiger partial charge >= 0.3 is 0 Å². The molecule has 0 radical (unpaired) electrons. The quantitative estimate of drug-likeness (QED) is 0.758. The van der Waals surface area contributed by atoms with Crippen molar-refractivity contribution in [3.8, 4) is 0 Å². The highest BCUT2D eigenvalue weighted by atomic mass is 15.1. The molecule has 1 aliphatic heterocycles. The Hall–Kier alpha value is -0.820. The highest BCUT2D eigenvalue weighted by molar-refractivity contribution is 5.35. The average molecular weight is 231 g/mol. The molecule has 0 aromatic heterocycles. The fourth-order valence-electron chi connectivity index (χ4n) is 2.56. The molecular weight excluding hydrogens is 206 g/mol. The van der Waals surface area contributed by atoms with E-state index in [1.807, 2.05) is 0 Å². The van der Waals surface area contributed by atoms with Gasteiger partial charge in [-0.3, -0.25) is 4.90 Å².